The van der Waals surface area contributed by atoms with Crippen LogP contribution in [0.4, 0.5) is 17.6 Å². The van der Waals surface area contributed by atoms with E-state index in [4.69, 9.17) is 9.47 Å². The molecule has 6 rings (SSSR count). The van der Waals surface area contributed by atoms with Crippen LogP contribution in [0.3, 0.4) is 0 Å². The third-order valence-electron chi connectivity index (χ3n) is 9.11. The Hall–Kier alpha value is -4.55. The number of fused-ring (bicyclic) bond motifs is 1. The standard InChI is InChI=1S/C38H41F4N5O3/c1-45(2)34(48)11-8-18-46-19-17-26(24-46)25-50-33-16-14-29(23-43-33)36(31(22-38(40,41)42)27-9-4-3-5-10-27)28-13-15-32-30(21-28)37(39)44-47(32)35-12-6-7-20-49-35/h3-5,8-11,13-16,21,23,26,35H,6-7,12,17-20,22,24-25H2,1-2H3/b11-8+,36-31-. The molecule has 1 amide bonds. The molecule has 0 spiro atoms. The number of allylic oxidation sites excluding steroid dienone is 1. The Morgan fingerprint density at radius 2 is 1.84 bits per heavy atom. The zero-order chi connectivity index (χ0) is 35.3. The van der Waals surface area contributed by atoms with E-state index in [9.17, 15) is 18.0 Å². The molecule has 2 aliphatic heterocycles. The van der Waals surface area contributed by atoms with Crippen molar-refractivity contribution in [1.82, 2.24) is 24.6 Å². The van der Waals surface area contributed by atoms with Gasteiger partial charge in [-0.1, -0.05) is 42.5 Å². The first-order valence-electron chi connectivity index (χ1n) is 16.9. The van der Waals surface area contributed by atoms with E-state index >= 15 is 4.39 Å². The molecule has 2 aromatic carbocycles. The van der Waals surface area contributed by atoms with Gasteiger partial charge in [-0.3, -0.25) is 9.69 Å². The number of aromatic nitrogens is 3. The van der Waals surface area contributed by atoms with Crippen LogP contribution in [-0.2, 0) is 9.53 Å². The van der Waals surface area contributed by atoms with Crippen molar-refractivity contribution in [3.8, 4) is 5.88 Å². The predicted molar refractivity (Wildman–Crippen MR) is 184 cm³/mol. The van der Waals surface area contributed by atoms with E-state index in [-0.39, 0.29) is 22.8 Å². The van der Waals surface area contributed by atoms with Gasteiger partial charge in [0.15, 0.2) is 6.23 Å². The van der Waals surface area contributed by atoms with Crippen LogP contribution in [0.25, 0.3) is 22.0 Å². The number of rotatable bonds is 11. The number of carbonyl (C=O) groups is 1. The number of carbonyl (C=O) groups excluding carboxylic acids is 1. The highest BCUT2D eigenvalue weighted by molar-refractivity contribution is 6.00. The lowest BCUT2D eigenvalue weighted by atomic mass is 9.88. The number of ether oxygens (including phenoxy) is 2. The minimum Gasteiger partial charge on any atom is -0.477 e. The smallest absolute Gasteiger partial charge is 0.393 e. The van der Waals surface area contributed by atoms with Crippen molar-refractivity contribution in [2.75, 3.05) is 46.9 Å². The number of alkyl halides is 3. The highest BCUT2D eigenvalue weighted by Gasteiger charge is 2.32. The normalized spacial score (nSPS) is 19.2. The molecule has 0 saturated carbocycles. The second-order valence-electron chi connectivity index (χ2n) is 13.0. The molecule has 2 aromatic heterocycles. The number of pyridine rings is 1. The molecule has 0 bridgehead atoms. The molecule has 2 aliphatic rings. The fourth-order valence-electron chi connectivity index (χ4n) is 6.57. The lowest BCUT2D eigenvalue weighted by Gasteiger charge is -2.23. The van der Waals surface area contributed by atoms with Crippen molar-refractivity contribution in [3.63, 3.8) is 0 Å². The predicted octanol–water partition coefficient (Wildman–Crippen LogP) is 7.53. The lowest BCUT2D eigenvalue weighted by Crippen LogP contribution is -2.23. The molecular weight excluding hydrogens is 650 g/mol. The van der Waals surface area contributed by atoms with Crippen molar-refractivity contribution in [3.05, 3.63) is 102 Å². The lowest BCUT2D eigenvalue weighted by molar-refractivity contribution is -0.124. The van der Waals surface area contributed by atoms with Crippen LogP contribution in [0.2, 0.25) is 0 Å². The summed E-state index contributed by atoms with van der Waals surface area (Å²) in [5, 5.41) is 4.33. The van der Waals surface area contributed by atoms with E-state index in [0.717, 1.165) is 32.4 Å². The van der Waals surface area contributed by atoms with E-state index in [1.165, 1.54) is 15.8 Å². The van der Waals surface area contributed by atoms with Crippen LogP contribution in [0, 0.1) is 11.9 Å². The molecule has 2 fully saturated rings. The molecule has 0 aliphatic carbocycles. The van der Waals surface area contributed by atoms with E-state index in [1.807, 2.05) is 6.08 Å². The van der Waals surface area contributed by atoms with Gasteiger partial charge in [0.2, 0.25) is 17.7 Å². The molecule has 2 saturated heterocycles. The first-order valence-corrected chi connectivity index (χ1v) is 16.9. The summed E-state index contributed by atoms with van der Waals surface area (Å²) in [6.07, 6.45) is 2.32. The number of nitrogens with zero attached hydrogens (tertiary/aromatic N) is 5. The fraction of sp³-hybridized carbons (Fsp3) is 0.395. The van der Waals surface area contributed by atoms with Gasteiger partial charge in [0, 0.05) is 63.6 Å². The van der Waals surface area contributed by atoms with Crippen molar-refractivity contribution < 1.29 is 31.8 Å². The fourth-order valence-corrected chi connectivity index (χ4v) is 6.57. The Labute approximate surface area is 289 Å². The summed E-state index contributed by atoms with van der Waals surface area (Å²) >= 11 is 0. The van der Waals surface area contributed by atoms with E-state index in [1.54, 1.807) is 80.8 Å². The Bertz CT molecular complexity index is 1830. The summed E-state index contributed by atoms with van der Waals surface area (Å²) in [5.41, 5.74) is 2.10. The number of halogens is 4. The summed E-state index contributed by atoms with van der Waals surface area (Å²) in [5.74, 6) is -0.143. The molecule has 2 atom stereocenters. The number of hydrogen-bond donors (Lipinski definition) is 0. The summed E-state index contributed by atoms with van der Waals surface area (Å²) in [4.78, 5) is 20.1. The Balaban J connectivity index is 1.28. The van der Waals surface area contributed by atoms with E-state index < -0.39 is 24.8 Å². The summed E-state index contributed by atoms with van der Waals surface area (Å²) in [6, 6.07) is 16.7. The second-order valence-corrected chi connectivity index (χ2v) is 13.0. The number of benzene rings is 2. The molecule has 264 valence electrons. The van der Waals surface area contributed by atoms with Crippen LogP contribution in [0.1, 0.15) is 55.0 Å². The summed E-state index contributed by atoms with van der Waals surface area (Å²) in [7, 11) is 3.42. The Kier molecular flexibility index (Phi) is 11.0. The number of amides is 1. The molecule has 4 heterocycles. The maximum absolute atomic E-state index is 15.4. The maximum atomic E-state index is 15.4. The van der Waals surface area contributed by atoms with Gasteiger partial charge < -0.3 is 14.4 Å². The SMILES string of the molecule is CN(C)C(=O)/C=C/CN1CCC(COc2ccc(/C(=C(/CC(F)(F)F)c3ccccc3)c3ccc4c(c3)c(F)nn4C3CCCCO3)cn2)C1. The molecule has 4 aromatic rings. The van der Waals surface area contributed by atoms with Crippen molar-refractivity contribution >= 4 is 28.0 Å². The third kappa shape index (κ3) is 8.59. The van der Waals surface area contributed by atoms with Crippen molar-refractivity contribution in [1.29, 1.82) is 0 Å². The first-order chi connectivity index (χ1) is 24.1. The van der Waals surface area contributed by atoms with Crippen LogP contribution in [0.15, 0.2) is 79.0 Å². The zero-order valence-corrected chi connectivity index (χ0v) is 28.2. The summed E-state index contributed by atoms with van der Waals surface area (Å²) < 4.78 is 71.4. The molecule has 0 radical (unpaired) electrons. The minimum absolute atomic E-state index is 0.0451. The van der Waals surface area contributed by atoms with Gasteiger partial charge in [0.05, 0.1) is 23.9 Å². The van der Waals surface area contributed by atoms with Crippen molar-refractivity contribution in [2.24, 2.45) is 5.92 Å². The van der Waals surface area contributed by atoms with Gasteiger partial charge >= 0.3 is 6.18 Å². The van der Waals surface area contributed by atoms with E-state index in [0.29, 0.717) is 59.8 Å². The first kappa shape index (κ1) is 35.3. The quantitative estimate of drug-likeness (QED) is 0.0921. The second kappa shape index (κ2) is 15.6. The van der Waals surface area contributed by atoms with Crippen LogP contribution in [0.5, 0.6) is 5.88 Å². The van der Waals surface area contributed by atoms with Gasteiger partial charge in [-0.25, -0.2) is 9.67 Å². The van der Waals surface area contributed by atoms with Gasteiger partial charge in [-0.15, -0.1) is 5.10 Å². The molecule has 50 heavy (non-hydrogen) atoms. The molecule has 2 unspecified atom stereocenters. The monoisotopic (exact) mass is 691 g/mol. The molecule has 8 nitrogen and oxygen atoms in total. The van der Waals surface area contributed by atoms with Crippen molar-refractivity contribution in [2.45, 2.75) is 44.5 Å². The Morgan fingerprint density at radius 1 is 1.04 bits per heavy atom. The average Bonchev–Trinajstić information content (AvgIpc) is 3.71. The highest BCUT2D eigenvalue weighted by atomic mass is 19.4. The average molecular weight is 692 g/mol. The number of hydrogen-bond acceptors (Lipinski definition) is 6. The number of likely N-dealkylation sites (tertiary alicyclic amines) is 1. The number of likely N-dealkylation sites (N-methyl/N-ethyl adjacent to an activating group) is 1. The van der Waals surface area contributed by atoms with Crippen LogP contribution >= 0.6 is 0 Å². The third-order valence-corrected chi connectivity index (χ3v) is 9.11. The molecular formula is C38H41F4N5O3. The summed E-state index contributed by atoms with van der Waals surface area (Å²) in [6.45, 7) is 3.35. The van der Waals surface area contributed by atoms with Crippen LogP contribution in [-0.4, -0.2) is 83.6 Å². The van der Waals surface area contributed by atoms with E-state index in [2.05, 4.69) is 15.0 Å². The maximum Gasteiger partial charge on any atom is 0.393 e. The zero-order valence-electron chi connectivity index (χ0n) is 28.2. The largest absolute Gasteiger partial charge is 0.477 e. The minimum atomic E-state index is -4.52. The Morgan fingerprint density at radius 3 is 2.54 bits per heavy atom. The molecule has 12 heteroatoms. The molecule has 0 N–H and O–H groups in total. The van der Waals surface area contributed by atoms with Gasteiger partial charge in [0.25, 0.3) is 0 Å². The van der Waals surface area contributed by atoms with Gasteiger partial charge in [-0.2, -0.15) is 17.6 Å². The van der Waals surface area contributed by atoms with Crippen LogP contribution < -0.4 is 4.74 Å². The highest BCUT2D eigenvalue weighted by Crippen LogP contribution is 2.40. The van der Waals surface area contributed by atoms with Gasteiger partial charge in [0.1, 0.15) is 0 Å². The topological polar surface area (TPSA) is 72.7 Å². The van der Waals surface area contributed by atoms with Gasteiger partial charge in [-0.05, 0) is 72.7 Å².